The number of ether oxygens (including phenoxy) is 2. The number of aryl methyl sites for hydroxylation is 1. The lowest BCUT2D eigenvalue weighted by molar-refractivity contribution is -0.140. The third-order valence-electron chi connectivity index (χ3n) is 6.82. The van der Waals surface area contributed by atoms with Crippen LogP contribution in [-0.2, 0) is 22.7 Å². The zero-order valence-corrected chi connectivity index (χ0v) is 22.7. The number of benzene rings is 3. The summed E-state index contributed by atoms with van der Waals surface area (Å²) in [5, 5.41) is 11.4. The lowest BCUT2D eigenvalue weighted by Gasteiger charge is -2.25. The first-order chi connectivity index (χ1) is 19.9. The molecule has 206 valence electrons. The maximum Gasteiger partial charge on any atom is 0.295 e. The molecule has 1 unspecified atom stereocenters. The SMILES string of the molecule is C=CCOc1ccc(C2C(=C(O)c3ccc(OCc4cccc(C)c4)cc3)C(=O)C(=O)N2Cc2ccncc2)cc1. The van der Waals surface area contributed by atoms with Crippen LogP contribution in [0.1, 0.15) is 33.9 Å². The van der Waals surface area contributed by atoms with Crippen LogP contribution >= 0.6 is 0 Å². The molecule has 1 saturated heterocycles. The predicted octanol–water partition coefficient (Wildman–Crippen LogP) is 6.16. The van der Waals surface area contributed by atoms with Gasteiger partial charge < -0.3 is 19.5 Å². The van der Waals surface area contributed by atoms with Crippen molar-refractivity contribution in [1.82, 2.24) is 9.88 Å². The molecule has 0 saturated carbocycles. The lowest BCUT2D eigenvalue weighted by atomic mass is 9.95. The number of amides is 1. The van der Waals surface area contributed by atoms with Crippen molar-refractivity contribution in [2.75, 3.05) is 6.61 Å². The first kappa shape index (κ1) is 27.4. The molecule has 1 aliphatic rings. The summed E-state index contributed by atoms with van der Waals surface area (Å²) in [7, 11) is 0. The molecule has 3 aromatic carbocycles. The molecule has 0 aliphatic carbocycles. The number of Topliss-reactive ketones (excluding diaryl/α,β-unsaturated/α-hetero) is 1. The van der Waals surface area contributed by atoms with E-state index in [2.05, 4.69) is 17.6 Å². The first-order valence-electron chi connectivity index (χ1n) is 13.2. The van der Waals surface area contributed by atoms with E-state index >= 15 is 0 Å². The second kappa shape index (κ2) is 12.3. The number of aromatic nitrogens is 1. The van der Waals surface area contributed by atoms with Crippen molar-refractivity contribution in [3.63, 3.8) is 0 Å². The molecule has 4 aromatic rings. The van der Waals surface area contributed by atoms with Gasteiger partial charge in [0, 0.05) is 24.5 Å². The molecule has 7 heteroatoms. The zero-order chi connectivity index (χ0) is 28.8. The van der Waals surface area contributed by atoms with Crippen molar-refractivity contribution >= 4 is 17.4 Å². The molecule has 1 N–H and O–H groups in total. The minimum absolute atomic E-state index is 0.0252. The Kier molecular flexibility index (Phi) is 8.25. The molecule has 7 nitrogen and oxygen atoms in total. The third-order valence-corrected chi connectivity index (χ3v) is 6.82. The minimum Gasteiger partial charge on any atom is -0.507 e. The Labute approximate surface area is 239 Å². The molecule has 5 rings (SSSR count). The normalized spacial score (nSPS) is 16.0. The van der Waals surface area contributed by atoms with Crippen LogP contribution in [0.3, 0.4) is 0 Å². The summed E-state index contributed by atoms with van der Waals surface area (Å²) in [6, 6.07) is 24.8. The van der Waals surface area contributed by atoms with Gasteiger partial charge in [0.05, 0.1) is 11.6 Å². The largest absolute Gasteiger partial charge is 0.507 e. The number of aliphatic hydroxyl groups excluding tert-OH is 1. The van der Waals surface area contributed by atoms with E-state index in [4.69, 9.17) is 9.47 Å². The van der Waals surface area contributed by atoms with Gasteiger partial charge in [-0.1, -0.05) is 54.6 Å². The van der Waals surface area contributed by atoms with Gasteiger partial charge in [0.1, 0.15) is 30.5 Å². The highest BCUT2D eigenvalue weighted by molar-refractivity contribution is 6.46. The van der Waals surface area contributed by atoms with Crippen LogP contribution in [0.2, 0.25) is 0 Å². The van der Waals surface area contributed by atoms with E-state index in [9.17, 15) is 14.7 Å². The van der Waals surface area contributed by atoms with Crippen LogP contribution in [0.25, 0.3) is 5.76 Å². The Hall–Kier alpha value is -5.17. The number of hydrogen-bond acceptors (Lipinski definition) is 6. The monoisotopic (exact) mass is 546 g/mol. The van der Waals surface area contributed by atoms with Gasteiger partial charge in [-0.05, 0) is 72.1 Å². The van der Waals surface area contributed by atoms with Gasteiger partial charge >= 0.3 is 0 Å². The molecular weight excluding hydrogens is 516 g/mol. The number of hydrogen-bond donors (Lipinski definition) is 1. The zero-order valence-electron chi connectivity index (χ0n) is 22.7. The molecule has 0 bridgehead atoms. The third kappa shape index (κ3) is 6.20. The number of pyridine rings is 1. The lowest BCUT2D eigenvalue weighted by Crippen LogP contribution is -2.29. The van der Waals surface area contributed by atoms with Crippen molar-refractivity contribution in [3.8, 4) is 11.5 Å². The van der Waals surface area contributed by atoms with Gasteiger partial charge in [0.2, 0.25) is 0 Å². The number of rotatable bonds is 10. The Morgan fingerprint density at radius 2 is 1.61 bits per heavy atom. The predicted molar refractivity (Wildman–Crippen MR) is 156 cm³/mol. The van der Waals surface area contributed by atoms with Crippen LogP contribution in [0.4, 0.5) is 0 Å². The summed E-state index contributed by atoms with van der Waals surface area (Å²) in [5.74, 6) is -0.427. The number of nitrogens with zero attached hydrogens (tertiary/aromatic N) is 2. The van der Waals surface area contributed by atoms with E-state index in [0.717, 1.165) is 16.7 Å². The number of aliphatic hydroxyl groups is 1. The van der Waals surface area contributed by atoms with E-state index < -0.39 is 17.7 Å². The van der Waals surface area contributed by atoms with Crippen LogP contribution in [0.15, 0.2) is 116 Å². The van der Waals surface area contributed by atoms with Gasteiger partial charge in [-0.3, -0.25) is 14.6 Å². The van der Waals surface area contributed by atoms with E-state index in [1.165, 1.54) is 4.90 Å². The summed E-state index contributed by atoms with van der Waals surface area (Å²) in [6.45, 7) is 6.62. The van der Waals surface area contributed by atoms with Crippen LogP contribution in [0, 0.1) is 6.92 Å². The van der Waals surface area contributed by atoms with Crippen molar-refractivity contribution < 1.29 is 24.2 Å². The van der Waals surface area contributed by atoms with Gasteiger partial charge in [-0.25, -0.2) is 0 Å². The summed E-state index contributed by atoms with van der Waals surface area (Å²) >= 11 is 0. The number of likely N-dealkylation sites (tertiary alicyclic amines) is 1. The van der Waals surface area contributed by atoms with Gasteiger partial charge in [0.25, 0.3) is 11.7 Å². The maximum atomic E-state index is 13.4. The summed E-state index contributed by atoms with van der Waals surface area (Å²) in [4.78, 5) is 32.2. The van der Waals surface area contributed by atoms with Crippen molar-refractivity contribution in [3.05, 3.63) is 143 Å². The fourth-order valence-corrected chi connectivity index (χ4v) is 4.81. The average molecular weight is 547 g/mol. The summed E-state index contributed by atoms with van der Waals surface area (Å²) in [5.41, 5.74) is 4.12. The van der Waals surface area contributed by atoms with Crippen LogP contribution < -0.4 is 9.47 Å². The van der Waals surface area contributed by atoms with Gasteiger partial charge in [-0.2, -0.15) is 0 Å². The highest BCUT2D eigenvalue weighted by atomic mass is 16.5. The topological polar surface area (TPSA) is 89.0 Å². The average Bonchev–Trinajstić information content (AvgIpc) is 3.24. The molecule has 2 heterocycles. The molecule has 1 fully saturated rings. The van der Waals surface area contributed by atoms with Crippen LogP contribution in [0.5, 0.6) is 11.5 Å². The second-order valence-corrected chi connectivity index (χ2v) is 9.75. The molecule has 0 radical (unpaired) electrons. The van der Waals surface area contributed by atoms with E-state index in [1.54, 1.807) is 79.1 Å². The number of carbonyl (C=O) groups excluding carboxylic acids is 2. The summed E-state index contributed by atoms with van der Waals surface area (Å²) in [6.07, 6.45) is 4.92. The standard InChI is InChI=1S/C34H30N2O5/c1-3-19-40-28-11-7-26(8-12-28)31-30(33(38)34(39)36(31)21-24-15-17-35-18-16-24)32(37)27-9-13-29(14-10-27)41-22-25-6-4-5-23(2)20-25/h3-18,20,31,37H,1,19,21-22H2,2H3. The molecule has 41 heavy (non-hydrogen) atoms. The van der Waals surface area contributed by atoms with Crippen molar-refractivity contribution in [2.45, 2.75) is 26.1 Å². The second-order valence-electron chi connectivity index (χ2n) is 9.75. The quantitative estimate of drug-likeness (QED) is 0.111. The van der Waals surface area contributed by atoms with Crippen molar-refractivity contribution in [2.24, 2.45) is 0 Å². The fourth-order valence-electron chi connectivity index (χ4n) is 4.81. The number of carbonyl (C=O) groups is 2. The molecule has 1 amide bonds. The molecule has 0 spiro atoms. The Balaban J connectivity index is 1.46. The Morgan fingerprint density at radius 3 is 2.29 bits per heavy atom. The fraction of sp³-hybridized carbons (Fsp3) is 0.147. The first-order valence-corrected chi connectivity index (χ1v) is 13.2. The molecular formula is C34H30N2O5. The molecule has 1 aliphatic heterocycles. The smallest absolute Gasteiger partial charge is 0.295 e. The van der Waals surface area contributed by atoms with E-state index in [1.807, 2.05) is 25.1 Å². The molecule has 1 atom stereocenters. The highest BCUT2D eigenvalue weighted by Gasteiger charge is 2.46. The minimum atomic E-state index is -0.797. The van der Waals surface area contributed by atoms with Crippen molar-refractivity contribution in [1.29, 1.82) is 0 Å². The Bertz CT molecular complexity index is 1580. The Morgan fingerprint density at radius 1 is 0.927 bits per heavy atom. The van der Waals surface area contributed by atoms with E-state index in [-0.39, 0.29) is 17.9 Å². The number of ketones is 1. The van der Waals surface area contributed by atoms with Gasteiger partial charge in [-0.15, -0.1) is 0 Å². The highest BCUT2D eigenvalue weighted by Crippen LogP contribution is 2.40. The maximum absolute atomic E-state index is 13.4. The summed E-state index contributed by atoms with van der Waals surface area (Å²) < 4.78 is 11.5. The van der Waals surface area contributed by atoms with Gasteiger partial charge in [0.15, 0.2) is 0 Å². The molecule has 1 aromatic heterocycles. The van der Waals surface area contributed by atoms with Crippen LogP contribution in [-0.4, -0.2) is 33.3 Å². The van der Waals surface area contributed by atoms with E-state index in [0.29, 0.717) is 35.8 Å².